The summed E-state index contributed by atoms with van der Waals surface area (Å²) >= 11 is 4.66. The van der Waals surface area contributed by atoms with Crippen LogP contribution in [0.1, 0.15) is 42.7 Å². The van der Waals surface area contributed by atoms with Crippen LogP contribution in [-0.4, -0.2) is 52.1 Å². The van der Waals surface area contributed by atoms with Crippen molar-refractivity contribution in [2.45, 2.75) is 49.2 Å². The molecule has 2 aliphatic rings. The number of urea groups is 1. The number of carbonyl (C=O) groups is 2. The molecule has 0 bridgehead atoms. The van der Waals surface area contributed by atoms with Gasteiger partial charge in [-0.2, -0.15) is 12.6 Å². The van der Waals surface area contributed by atoms with Gasteiger partial charge in [0.25, 0.3) is 0 Å². The van der Waals surface area contributed by atoms with Gasteiger partial charge in [0.1, 0.15) is 0 Å². The van der Waals surface area contributed by atoms with Crippen molar-refractivity contribution in [3.63, 3.8) is 0 Å². The minimum absolute atomic E-state index is 0.340. The van der Waals surface area contributed by atoms with E-state index in [4.69, 9.17) is 0 Å². The molecule has 2 aliphatic heterocycles. The van der Waals surface area contributed by atoms with Crippen molar-refractivity contribution >= 4 is 24.6 Å². The predicted molar refractivity (Wildman–Crippen MR) is 128 cm³/mol. The number of nitrogens with zero attached hydrogens (tertiary/aromatic N) is 1. The van der Waals surface area contributed by atoms with Crippen LogP contribution in [0.25, 0.3) is 0 Å². The van der Waals surface area contributed by atoms with Gasteiger partial charge in [-0.3, -0.25) is 5.32 Å². The fraction of sp³-hybridized carbons (Fsp3) is 0.440. The molecule has 0 saturated carbocycles. The normalized spacial score (nSPS) is 27.8. The Kier molecular flexibility index (Phi) is 6.76. The van der Waals surface area contributed by atoms with Crippen molar-refractivity contribution < 1.29 is 14.7 Å². The standard InChI is InChI=1S/C25H31N3O3S/c29-22(30)25(21(13-15-26-25)20-11-5-2-6-12-20)27-23(31)28-16-8-7-14-24(28,18-32)17-19-9-3-1-4-10-19/h1-6,9-12,21,26,32H,7-8,13-18H2,(H,27,31)(H,29,30)/t21-,24-,25-/m0/s1. The molecule has 0 spiro atoms. The molecule has 0 aliphatic carbocycles. The zero-order valence-corrected chi connectivity index (χ0v) is 19.1. The number of piperidine rings is 1. The Labute approximate surface area is 194 Å². The average molecular weight is 454 g/mol. The van der Waals surface area contributed by atoms with E-state index in [0.717, 1.165) is 30.4 Å². The highest BCUT2D eigenvalue weighted by molar-refractivity contribution is 7.80. The lowest BCUT2D eigenvalue weighted by atomic mass is 9.82. The van der Waals surface area contributed by atoms with Crippen molar-refractivity contribution in [1.82, 2.24) is 15.5 Å². The lowest BCUT2D eigenvalue weighted by Crippen LogP contribution is -2.69. The maximum Gasteiger partial charge on any atom is 0.345 e. The third-order valence-corrected chi connectivity index (χ3v) is 7.55. The van der Waals surface area contributed by atoms with Crippen LogP contribution in [0.15, 0.2) is 60.7 Å². The van der Waals surface area contributed by atoms with Crippen LogP contribution in [0.2, 0.25) is 0 Å². The Hall–Kier alpha value is -2.51. The first-order chi connectivity index (χ1) is 15.5. The van der Waals surface area contributed by atoms with Gasteiger partial charge in [-0.15, -0.1) is 0 Å². The van der Waals surface area contributed by atoms with Gasteiger partial charge in [-0.05, 0) is 49.8 Å². The summed E-state index contributed by atoms with van der Waals surface area (Å²) in [5, 5.41) is 16.3. The van der Waals surface area contributed by atoms with Gasteiger partial charge in [-0.1, -0.05) is 60.7 Å². The second-order valence-corrected chi connectivity index (χ2v) is 9.19. The van der Waals surface area contributed by atoms with Gasteiger partial charge in [0.05, 0.1) is 5.54 Å². The molecular formula is C25H31N3O3S. The molecule has 2 aromatic carbocycles. The van der Waals surface area contributed by atoms with E-state index in [1.165, 1.54) is 0 Å². The summed E-state index contributed by atoms with van der Waals surface area (Å²) in [5.41, 5.74) is 0.0668. The SMILES string of the molecule is O=C(N[C@@]1(C(=O)O)NCC[C@H]1c1ccccc1)N1CCCC[C@@]1(CS)Cc1ccccc1. The summed E-state index contributed by atoms with van der Waals surface area (Å²) in [4.78, 5) is 28.1. The van der Waals surface area contributed by atoms with Gasteiger partial charge in [-0.25, -0.2) is 9.59 Å². The number of carboxylic acids is 1. The molecule has 32 heavy (non-hydrogen) atoms. The number of likely N-dealkylation sites (tertiary alicyclic amines) is 1. The number of rotatable bonds is 6. The first kappa shape index (κ1) is 22.7. The Morgan fingerprint density at radius 3 is 2.44 bits per heavy atom. The summed E-state index contributed by atoms with van der Waals surface area (Å²) in [6.45, 7) is 1.11. The van der Waals surface area contributed by atoms with Gasteiger partial charge in [0, 0.05) is 18.2 Å². The van der Waals surface area contributed by atoms with Crippen LogP contribution < -0.4 is 10.6 Å². The summed E-state index contributed by atoms with van der Waals surface area (Å²) in [6, 6.07) is 19.3. The second-order valence-electron chi connectivity index (χ2n) is 8.88. The molecule has 2 heterocycles. The lowest BCUT2D eigenvalue weighted by Gasteiger charge is -2.48. The zero-order chi connectivity index (χ0) is 22.6. The number of carboxylic acid groups (broad SMARTS) is 1. The highest BCUT2D eigenvalue weighted by Gasteiger charge is 2.53. The summed E-state index contributed by atoms with van der Waals surface area (Å²) < 4.78 is 0. The van der Waals surface area contributed by atoms with Crippen LogP contribution in [0, 0.1) is 0 Å². The van der Waals surface area contributed by atoms with E-state index >= 15 is 0 Å². The van der Waals surface area contributed by atoms with E-state index in [0.29, 0.717) is 31.7 Å². The van der Waals surface area contributed by atoms with Crippen LogP contribution in [-0.2, 0) is 11.2 Å². The van der Waals surface area contributed by atoms with Crippen LogP contribution in [0.4, 0.5) is 4.79 Å². The fourth-order valence-electron chi connectivity index (χ4n) is 5.29. The first-order valence-electron chi connectivity index (χ1n) is 11.3. The molecule has 2 fully saturated rings. The van der Waals surface area contributed by atoms with Crippen molar-refractivity contribution in [2.75, 3.05) is 18.8 Å². The quantitative estimate of drug-likeness (QED) is 0.503. The smallest absolute Gasteiger partial charge is 0.345 e. The number of hydrogen-bond acceptors (Lipinski definition) is 4. The molecular weight excluding hydrogens is 422 g/mol. The minimum atomic E-state index is -1.54. The maximum atomic E-state index is 13.7. The number of aliphatic carboxylic acids is 1. The Bertz CT molecular complexity index is 942. The molecule has 7 heteroatoms. The van der Waals surface area contributed by atoms with Crippen molar-refractivity contribution in [3.05, 3.63) is 71.8 Å². The van der Waals surface area contributed by atoms with Crippen molar-refractivity contribution in [3.8, 4) is 0 Å². The largest absolute Gasteiger partial charge is 0.478 e. The fourth-order valence-corrected chi connectivity index (χ4v) is 5.73. The number of carbonyl (C=O) groups excluding carboxylic acids is 1. The van der Waals surface area contributed by atoms with E-state index in [1.54, 1.807) is 0 Å². The number of nitrogens with one attached hydrogen (secondary N) is 2. The molecule has 2 saturated heterocycles. The maximum absolute atomic E-state index is 13.7. The lowest BCUT2D eigenvalue weighted by molar-refractivity contribution is -0.146. The molecule has 3 N–H and O–H groups in total. The Balaban J connectivity index is 1.63. The monoisotopic (exact) mass is 453 g/mol. The highest BCUT2D eigenvalue weighted by Crippen LogP contribution is 2.37. The third kappa shape index (κ3) is 4.24. The molecule has 170 valence electrons. The molecule has 6 nitrogen and oxygen atoms in total. The van der Waals surface area contributed by atoms with E-state index in [2.05, 4.69) is 35.4 Å². The molecule has 0 aromatic heterocycles. The van der Waals surface area contributed by atoms with Crippen molar-refractivity contribution in [1.29, 1.82) is 0 Å². The van der Waals surface area contributed by atoms with E-state index in [1.807, 2.05) is 53.4 Å². The van der Waals surface area contributed by atoms with Crippen LogP contribution >= 0.6 is 12.6 Å². The molecule has 3 atom stereocenters. The third-order valence-electron chi connectivity index (χ3n) is 6.96. The second kappa shape index (κ2) is 9.55. The minimum Gasteiger partial charge on any atom is -0.478 e. The van der Waals surface area contributed by atoms with Gasteiger partial charge in [0.2, 0.25) is 0 Å². The molecule has 4 rings (SSSR count). The number of hydrogen-bond donors (Lipinski definition) is 4. The van der Waals surface area contributed by atoms with Crippen LogP contribution in [0.3, 0.4) is 0 Å². The molecule has 0 radical (unpaired) electrons. The summed E-state index contributed by atoms with van der Waals surface area (Å²) in [6.07, 6.45) is 4.09. The van der Waals surface area contributed by atoms with E-state index in [9.17, 15) is 14.7 Å². The number of benzene rings is 2. The summed E-state index contributed by atoms with van der Waals surface area (Å²) in [7, 11) is 0. The molecule has 2 aromatic rings. The van der Waals surface area contributed by atoms with Crippen molar-refractivity contribution in [2.24, 2.45) is 0 Å². The highest BCUT2D eigenvalue weighted by atomic mass is 32.1. The van der Waals surface area contributed by atoms with Gasteiger partial charge in [0.15, 0.2) is 5.66 Å². The molecule has 2 amide bonds. The van der Waals surface area contributed by atoms with E-state index < -0.39 is 17.2 Å². The topological polar surface area (TPSA) is 81.7 Å². The van der Waals surface area contributed by atoms with Gasteiger partial charge < -0.3 is 15.3 Å². The Morgan fingerprint density at radius 2 is 1.78 bits per heavy atom. The molecule has 0 unspecified atom stereocenters. The zero-order valence-electron chi connectivity index (χ0n) is 18.2. The van der Waals surface area contributed by atoms with E-state index in [-0.39, 0.29) is 11.9 Å². The number of thiol groups is 1. The summed E-state index contributed by atoms with van der Waals surface area (Å²) in [5.74, 6) is -0.895. The van der Waals surface area contributed by atoms with Gasteiger partial charge >= 0.3 is 12.0 Å². The van der Waals surface area contributed by atoms with Crippen LogP contribution in [0.5, 0.6) is 0 Å². The first-order valence-corrected chi connectivity index (χ1v) is 11.9. The predicted octanol–water partition coefficient (Wildman–Crippen LogP) is 3.65. The Morgan fingerprint density at radius 1 is 1.09 bits per heavy atom. The average Bonchev–Trinajstić information content (AvgIpc) is 3.25. The number of amides is 2.